The summed E-state index contributed by atoms with van der Waals surface area (Å²) in [6, 6.07) is 11.5. The standard InChI is InChI=1S/C22H24ClN5OS/c1-14-20(30-15(2)25-14)13-24-22(29)17-9-11-28(12-10-17)21-8-7-19(26-27-21)16-3-5-18(23)6-4-16/h3-8,17H,9-13H2,1-2H3,(H,24,29). The highest BCUT2D eigenvalue weighted by Gasteiger charge is 2.26. The number of piperidine rings is 1. The van der Waals surface area contributed by atoms with Crippen LogP contribution < -0.4 is 10.2 Å². The van der Waals surface area contributed by atoms with Gasteiger partial charge in [-0.1, -0.05) is 23.7 Å². The molecule has 1 aliphatic heterocycles. The molecule has 0 spiro atoms. The maximum absolute atomic E-state index is 12.6. The molecule has 1 fully saturated rings. The van der Waals surface area contributed by atoms with Crippen molar-refractivity contribution in [3.05, 3.63) is 57.0 Å². The molecule has 3 heterocycles. The van der Waals surface area contributed by atoms with Gasteiger partial charge in [0.25, 0.3) is 0 Å². The van der Waals surface area contributed by atoms with E-state index in [9.17, 15) is 4.79 Å². The van der Waals surface area contributed by atoms with Gasteiger partial charge in [0.05, 0.1) is 22.9 Å². The van der Waals surface area contributed by atoms with Crippen molar-refractivity contribution in [3.63, 3.8) is 0 Å². The maximum Gasteiger partial charge on any atom is 0.223 e. The lowest BCUT2D eigenvalue weighted by molar-refractivity contribution is -0.125. The van der Waals surface area contributed by atoms with E-state index in [4.69, 9.17) is 11.6 Å². The number of rotatable bonds is 5. The molecule has 0 atom stereocenters. The highest BCUT2D eigenvalue weighted by Crippen LogP contribution is 2.25. The fraction of sp³-hybridized carbons (Fsp3) is 0.364. The lowest BCUT2D eigenvalue weighted by atomic mass is 9.96. The fourth-order valence-corrected chi connectivity index (χ4v) is 4.69. The Morgan fingerprint density at radius 2 is 1.87 bits per heavy atom. The van der Waals surface area contributed by atoms with Gasteiger partial charge < -0.3 is 10.2 Å². The van der Waals surface area contributed by atoms with Crippen LogP contribution in [0.3, 0.4) is 0 Å². The van der Waals surface area contributed by atoms with E-state index in [0.717, 1.165) is 58.6 Å². The third-order valence-corrected chi connectivity index (χ3v) is 6.73. The molecule has 8 heteroatoms. The van der Waals surface area contributed by atoms with E-state index in [-0.39, 0.29) is 11.8 Å². The van der Waals surface area contributed by atoms with E-state index in [2.05, 4.69) is 25.4 Å². The smallest absolute Gasteiger partial charge is 0.223 e. The van der Waals surface area contributed by atoms with E-state index in [1.54, 1.807) is 11.3 Å². The van der Waals surface area contributed by atoms with Crippen molar-refractivity contribution >= 4 is 34.7 Å². The number of anilines is 1. The van der Waals surface area contributed by atoms with Gasteiger partial charge in [0.15, 0.2) is 5.82 Å². The Balaban J connectivity index is 1.30. The van der Waals surface area contributed by atoms with Gasteiger partial charge in [0.1, 0.15) is 0 Å². The summed E-state index contributed by atoms with van der Waals surface area (Å²) in [5.74, 6) is 1.02. The number of halogens is 1. The summed E-state index contributed by atoms with van der Waals surface area (Å²) in [6.07, 6.45) is 1.63. The largest absolute Gasteiger partial charge is 0.355 e. The molecule has 0 radical (unpaired) electrons. The molecule has 156 valence electrons. The molecule has 30 heavy (non-hydrogen) atoms. The number of nitrogens with one attached hydrogen (secondary N) is 1. The number of carbonyl (C=O) groups excluding carboxylic acids is 1. The van der Waals surface area contributed by atoms with Crippen LogP contribution in [0, 0.1) is 19.8 Å². The quantitative estimate of drug-likeness (QED) is 0.635. The molecule has 1 N–H and O–H groups in total. The summed E-state index contributed by atoms with van der Waals surface area (Å²) < 4.78 is 0. The Hall–Kier alpha value is -2.51. The molecule has 1 saturated heterocycles. The number of thiazole rings is 1. The second-order valence-corrected chi connectivity index (χ2v) is 9.23. The van der Waals surface area contributed by atoms with Crippen LogP contribution in [0.5, 0.6) is 0 Å². The van der Waals surface area contributed by atoms with Crippen molar-refractivity contribution in [1.29, 1.82) is 0 Å². The second-order valence-electron chi connectivity index (χ2n) is 7.50. The Morgan fingerprint density at radius 3 is 2.47 bits per heavy atom. The Bertz CT molecular complexity index is 1010. The molecule has 0 bridgehead atoms. The van der Waals surface area contributed by atoms with Crippen molar-refractivity contribution in [3.8, 4) is 11.3 Å². The number of nitrogens with zero attached hydrogens (tertiary/aromatic N) is 4. The van der Waals surface area contributed by atoms with E-state index in [0.29, 0.717) is 11.6 Å². The number of benzene rings is 1. The average molecular weight is 442 g/mol. The Labute approximate surface area is 185 Å². The van der Waals surface area contributed by atoms with Crippen LogP contribution in [0.4, 0.5) is 5.82 Å². The maximum atomic E-state index is 12.6. The third-order valence-electron chi connectivity index (χ3n) is 5.40. The van der Waals surface area contributed by atoms with Crippen LogP contribution in [0.15, 0.2) is 36.4 Å². The predicted octanol–water partition coefficient (Wildman–Crippen LogP) is 4.40. The van der Waals surface area contributed by atoms with Crippen LogP contribution in [0.2, 0.25) is 5.02 Å². The van der Waals surface area contributed by atoms with Crippen LogP contribution >= 0.6 is 22.9 Å². The van der Waals surface area contributed by atoms with Gasteiger partial charge in [-0.15, -0.1) is 21.5 Å². The fourth-order valence-electron chi connectivity index (χ4n) is 3.69. The number of carbonyl (C=O) groups is 1. The monoisotopic (exact) mass is 441 g/mol. The van der Waals surface area contributed by atoms with Crippen molar-refractivity contribution in [2.24, 2.45) is 5.92 Å². The third kappa shape index (κ3) is 4.79. The Morgan fingerprint density at radius 1 is 1.13 bits per heavy atom. The summed E-state index contributed by atoms with van der Waals surface area (Å²) in [4.78, 5) is 20.3. The van der Waals surface area contributed by atoms with Gasteiger partial charge in [-0.05, 0) is 51.0 Å². The zero-order valence-electron chi connectivity index (χ0n) is 17.1. The number of aryl methyl sites for hydroxylation is 2. The molecular formula is C22H24ClN5OS. The van der Waals surface area contributed by atoms with Crippen LogP contribution in [0.25, 0.3) is 11.3 Å². The molecule has 0 unspecified atom stereocenters. The Kier molecular flexibility index (Phi) is 6.29. The van der Waals surface area contributed by atoms with Crippen molar-refractivity contribution < 1.29 is 4.79 Å². The molecule has 0 saturated carbocycles. The highest BCUT2D eigenvalue weighted by molar-refractivity contribution is 7.11. The number of amides is 1. The number of aromatic nitrogens is 3. The van der Waals surface area contributed by atoms with Gasteiger partial charge in [0.2, 0.25) is 5.91 Å². The number of hydrogen-bond acceptors (Lipinski definition) is 6. The topological polar surface area (TPSA) is 71.0 Å². The summed E-state index contributed by atoms with van der Waals surface area (Å²) in [6.45, 7) is 6.14. The highest BCUT2D eigenvalue weighted by atomic mass is 35.5. The zero-order valence-corrected chi connectivity index (χ0v) is 18.6. The first-order valence-corrected chi connectivity index (χ1v) is 11.2. The van der Waals surface area contributed by atoms with Crippen molar-refractivity contribution in [2.45, 2.75) is 33.2 Å². The first-order valence-electron chi connectivity index (χ1n) is 10.0. The van der Waals surface area contributed by atoms with Crippen LogP contribution in [0.1, 0.15) is 28.4 Å². The van der Waals surface area contributed by atoms with E-state index in [1.165, 1.54) is 0 Å². The summed E-state index contributed by atoms with van der Waals surface area (Å²) >= 11 is 7.59. The van der Waals surface area contributed by atoms with Crippen molar-refractivity contribution in [1.82, 2.24) is 20.5 Å². The number of hydrogen-bond donors (Lipinski definition) is 1. The van der Waals surface area contributed by atoms with Gasteiger partial charge in [-0.3, -0.25) is 4.79 Å². The first-order chi connectivity index (χ1) is 14.5. The van der Waals surface area contributed by atoms with E-state index in [1.807, 2.05) is 50.2 Å². The van der Waals surface area contributed by atoms with Gasteiger partial charge >= 0.3 is 0 Å². The molecule has 4 rings (SSSR count). The van der Waals surface area contributed by atoms with Gasteiger partial charge in [0, 0.05) is 34.5 Å². The van der Waals surface area contributed by atoms with E-state index < -0.39 is 0 Å². The molecule has 0 aliphatic carbocycles. The molecule has 6 nitrogen and oxygen atoms in total. The molecule has 1 aliphatic rings. The minimum absolute atomic E-state index is 0.0388. The normalized spacial score (nSPS) is 14.7. The lowest BCUT2D eigenvalue weighted by Gasteiger charge is -2.31. The summed E-state index contributed by atoms with van der Waals surface area (Å²) in [5, 5.41) is 13.6. The van der Waals surface area contributed by atoms with Crippen LogP contribution in [-0.2, 0) is 11.3 Å². The van der Waals surface area contributed by atoms with Crippen molar-refractivity contribution in [2.75, 3.05) is 18.0 Å². The van der Waals surface area contributed by atoms with Gasteiger partial charge in [-0.25, -0.2) is 4.98 Å². The predicted molar refractivity (Wildman–Crippen MR) is 121 cm³/mol. The molecule has 1 amide bonds. The summed E-state index contributed by atoms with van der Waals surface area (Å²) in [5.41, 5.74) is 2.81. The SMILES string of the molecule is Cc1nc(C)c(CNC(=O)C2CCN(c3ccc(-c4ccc(Cl)cc4)nn3)CC2)s1. The minimum Gasteiger partial charge on any atom is -0.355 e. The summed E-state index contributed by atoms with van der Waals surface area (Å²) in [7, 11) is 0. The first kappa shape index (κ1) is 20.8. The second kappa shape index (κ2) is 9.10. The average Bonchev–Trinajstić information content (AvgIpc) is 3.09. The van der Waals surface area contributed by atoms with E-state index >= 15 is 0 Å². The lowest BCUT2D eigenvalue weighted by Crippen LogP contribution is -2.40. The molecule has 1 aromatic carbocycles. The van der Waals surface area contributed by atoms with Gasteiger partial charge in [-0.2, -0.15) is 0 Å². The molecule has 3 aromatic rings. The van der Waals surface area contributed by atoms with Crippen LogP contribution in [-0.4, -0.2) is 34.2 Å². The zero-order chi connectivity index (χ0) is 21.1. The molecule has 2 aromatic heterocycles. The minimum atomic E-state index is 0.0388. The molecular weight excluding hydrogens is 418 g/mol.